The minimum atomic E-state index is -1.15. The first kappa shape index (κ1) is 36.1. The van der Waals surface area contributed by atoms with E-state index in [-0.39, 0.29) is 43.3 Å². The van der Waals surface area contributed by atoms with Gasteiger partial charge in [-0.05, 0) is 69.5 Å². The van der Waals surface area contributed by atoms with Crippen LogP contribution in [0.15, 0.2) is 24.3 Å². The molecule has 1 unspecified atom stereocenters. The maximum absolute atomic E-state index is 14.9. The number of ether oxygens (including phenoxy) is 5. The van der Waals surface area contributed by atoms with E-state index in [0.29, 0.717) is 47.1 Å². The molecule has 4 bridgehead atoms. The number of Topliss-reactive ketones (excluding diaryl/α,β-unsaturated/α-hetero) is 1. The normalized spacial score (nSPS) is 29.4. The Kier molecular flexibility index (Phi) is 8.27. The second kappa shape index (κ2) is 12.9. The number of nitrogens with one attached hydrogen (secondary N) is 2. The third-order valence-electron chi connectivity index (χ3n) is 13.1. The van der Waals surface area contributed by atoms with Crippen molar-refractivity contribution in [1.82, 2.24) is 20.1 Å². The maximum Gasteiger partial charge on any atom is 0.308 e. The largest absolute Gasteiger partial charge is 0.504 e. The maximum atomic E-state index is 14.9. The molecule has 14 heteroatoms. The topological polar surface area (TPSA) is 155 Å². The molecule has 56 heavy (non-hydrogen) atoms. The van der Waals surface area contributed by atoms with Gasteiger partial charge in [-0.25, -0.2) is 0 Å². The molecule has 7 aliphatic rings. The Morgan fingerprint density at radius 3 is 2.68 bits per heavy atom. The summed E-state index contributed by atoms with van der Waals surface area (Å²) >= 11 is 1.58. The first-order chi connectivity index (χ1) is 26.9. The molecule has 8 heterocycles. The van der Waals surface area contributed by atoms with E-state index in [9.17, 15) is 19.8 Å². The minimum absolute atomic E-state index is 0.0218. The van der Waals surface area contributed by atoms with Gasteiger partial charge in [0, 0.05) is 64.1 Å². The number of hydrogen-bond donors (Lipinski definition) is 4. The lowest BCUT2D eigenvalue weighted by Crippen LogP contribution is -2.69. The number of aliphatic hydroxyl groups excluding tert-OH is 1. The molecular formula is C42H46N4O9S. The predicted octanol–water partition coefficient (Wildman–Crippen LogP) is 4.53. The highest BCUT2D eigenvalue weighted by atomic mass is 32.2. The number of thioether (sulfide) groups is 1. The number of benzene rings is 3. The third kappa shape index (κ3) is 4.86. The number of methoxy groups -OCH3 is 1. The van der Waals surface area contributed by atoms with Crippen molar-refractivity contribution in [2.45, 2.75) is 81.7 Å². The van der Waals surface area contributed by atoms with Gasteiger partial charge in [-0.1, -0.05) is 17.7 Å². The van der Waals surface area contributed by atoms with Crippen LogP contribution in [0.5, 0.6) is 28.7 Å². The second-order valence-electron chi connectivity index (χ2n) is 16.1. The Balaban J connectivity index is 1.24. The number of nitrogens with zero attached hydrogens (tertiary/aromatic N) is 2. The Morgan fingerprint density at radius 2 is 1.89 bits per heavy atom. The van der Waals surface area contributed by atoms with Gasteiger partial charge < -0.3 is 38.9 Å². The van der Waals surface area contributed by atoms with E-state index >= 15 is 0 Å². The quantitative estimate of drug-likeness (QED) is 0.167. The molecule has 1 aromatic heterocycles. The number of aryl methyl sites for hydroxylation is 2. The van der Waals surface area contributed by atoms with Crippen molar-refractivity contribution in [3.8, 4) is 28.7 Å². The fourth-order valence-electron chi connectivity index (χ4n) is 10.8. The number of aromatic nitrogens is 1. The second-order valence-corrected chi connectivity index (χ2v) is 17.2. The van der Waals surface area contributed by atoms with Crippen LogP contribution in [-0.4, -0.2) is 102 Å². The molecule has 7 aliphatic heterocycles. The highest BCUT2D eigenvalue weighted by Crippen LogP contribution is 2.64. The number of carbonyl (C=O) groups is 2. The highest BCUT2D eigenvalue weighted by molar-refractivity contribution is 7.99. The summed E-state index contributed by atoms with van der Waals surface area (Å²) in [4.78, 5) is 35.8. The number of aromatic amines is 1. The molecular weight excluding hydrogens is 737 g/mol. The lowest BCUT2D eigenvalue weighted by molar-refractivity contribution is -0.181. The van der Waals surface area contributed by atoms with Crippen LogP contribution in [0.1, 0.15) is 74.5 Å². The summed E-state index contributed by atoms with van der Waals surface area (Å²) in [5.74, 6) is 1.55. The average molecular weight is 783 g/mol. The number of likely N-dealkylation sites (N-methyl/N-ethyl adjacent to an activating group) is 1. The molecule has 4 N–H and O–H groups in total. The fourth-order valence-corrected chi connectivity index (χ4v) is 12.5. The van der Waals surface area contributed by atoms with Crippen molar-refractivity contribution >= 4 is 34.4 Å². The minimum Gasteiger partial charge on any atom is -0.504 e. The van der Waals surface area contributed by atoms with E-state index in [0.717, 1.165) is 56.4 Å². The predicted molar refractivity (Wildman–Crippen MR) is 208 cm³/mol. The lowest BCUT2D eigenvalue weighted by Gasteiger charge is -2.61. The number of aromatic hydroxyl groups is 1. The highest BCUT2D eigenvalue weighted by Gasteiger charge is 2.61. The van der Waals surface area contributed by atoms with Crippen LogP contribution in [0.4, 0.5) is 0 Å². The van der Waals surface area contributed by atoms with Gasteiger partial charge in [0.1, 0.15) is 24.1 Å². The van der Waals surface area contributed by atoms with Crippen LogP contribution in [0.25, 0.3) is 10.9 Å². The molecule has 13 nitrogen and oxygen atoms in total. The van der Waals surface area contributed by atoms with Gasteiger partial charge in [-0.15, -0.1) is 11.8 Å². The number of piperazine rings is 1. The summed E-state index contributed by atoms with van der Waals surface area (Å²) in [7, 11) is 3.55. The number of phenols is 1. The first-order valence-corrected chi connectivity index (χ1v) is 20.3. The van der Waals surface area contributed by atoms with Gasteiger partial charge in [-0.3, -0.25) is 24.7 Å². The van der Waals surface area contributed by atoms with Gasteiger partial charge in [0.15, 0.2) is 28.8 Å². The van der Waals surface area contributed by atoms with E-state index in [1.165, 1.54) is 6.92 Å². The molecule has 294 valence electrons. The van der Waals surface area contributed by atoms with Crippen molar-refractivity contribution < 1.29 is 43.5 Å². The van der Waals surface area contributed by atoms with Crippen LogP contribution in [0.2, 0.25) is 0 Å². The van der Waals surface area contributed by atoms with E-state index in [4.69, 9.17) is 23.7 Å². The van der Waals surface area contributed by atoms with E-state index in [2.05, 4.69) is 51.3 Å². The number of fused-ring (bicyclic) bond motifs is 12. The number of aliphatic hydroxyl groups is 1. The van der Waals surface area contributed by atoms with Crippen molar-refractivity contribution in [1.29, 1.82) is 0 Å². The number of phenolic OH excluding ortho intramolecular Hbond substituents is 1. The first-order valence-electron chi connectivity index (χ1n) is 19.3. The summed E-state index contributed by atoms with van der Waals surface area (Å²) in [5.41, 5.74) is 7.46. The molecule has 3 aromatic carbocycles. The zero-order chi connectivity index (χ0) is 38.9. The fraction of sp³-hybridized carbons (Fsp3) is 0.476. The van der Waals surface area contributed by atoms with Gasteiger partial charge >= 0.3 is 5.97 Å². The van der Waals surface area contributed by atoms with Crippen molar-refractivity contribution in [2.24, 2.45) is 0 Å². The number of ketones is 1. The number of rotatable bonds is 2. The standard InChI is InChI=1S/C42H46N4O9S/c1-18-7-8-25-24(11-18)23-9-10-43-42(40(23)44-25)16-56-39-31-30(38-37(53-17-54-38)20(3)36(31)55-21(4)47)27(14-52-15-28(42)48)46-33(39)32-29-22(13-26(41(46)50)45(32)5)12-19(2)35(51-6)34(29)49/h7-8,11-12,26-27,32-33,39,41,43-44,49-50H,9-10,13-17H2,1-6H3/t26-,27+,32+,33?,39+,41-,42-/m0/s1. The number of H-pyrrole nitrogens is 1. The number of esters is 1. The molecule has 2 fully saturated rings. The average Bonchev–Trinajstić information content (AvgIpc) is 3.80. The Hall–Kier alpha value is -4.31. The molecule has 0 amide bonds. The molecule has 0 saturated carbocycles. The van der Waals surface area contributed by atoms with E-state index in [1.807, 2.05) is 20.9 Å². The van der Waals surface area contributed by atoms with Crippen molar-refractivity contribution in [3.05, 3.63) is 74.5 Å². The molecule has 0 aliphatic carbocycles. The Bertz CT molecular complexity index is 2360. The van der Waals surface area contributed by atoms with Gasteiger partial charge in [0.05, 0.1) is 37.1 Å². The van der Waals surface area contributed by atoms with Crippen LogP contribution in [0, 0.1) is 20.8 Å². The smallest absolute Gasteiger partial charge is 0.308 e. The zero-order valence-corrected chi connectivity index (χ0v) is 33.1. The monoisotopic (exact) mass is 782 g/mol. The van der Waals surface area contributed by atoms with Gasteiger partial charge in [-0.2, -0.15) is 0 Å². The van der Waals surface area contributed by atoms with E-state index in [1.54, 1.807) is 18.9 Å². The number of carbonyl (C=O) groups excluding carboxylic acids is 2. The summed E-state index contributed by atoms with van der Waals surface area (Å²) in [6, 6.07) is 6.41. The molecule has 4 aromatic rings. The van der Waals surface area contributed by atoms with Gasteiger partial charge in [0.2, 0.25) is 6.79 Å². The third-order valence-corrected chi connectivity index (χ3v) is 14.6. The van der Waals surface area contributed by atoms with Crippen LogP contribution in [-0.2, 0) is 32.7 Å². The summed E-state index contributed by atoms with van der Waals surface area (Å²) in [6.45, 7) is 7.64. The van der Waals surface area contributed by atoms with Crippen LogP contribution < -0.4 is 24.3 Å². The molecule has 11 rings (SSSR count). The van der Waals surface area contributed by atoms with Gasteiger partial charge in [0.25, 0.3) is 0 Å². The Morgan fingerprint density at radius 1 is 1.09 bits per heavy atom. The van der Waals surface area contributed by atoms with E-state index < -0.39 is 41.1 Å². The number of hydrogen-bond acceptors (Lipinski definition) is 13. The molecule has 1 spiro atoms. The van der Waals surface area contributed by atoms with Crippen LogP contribution in [0.3, 0.4) is 0 Å². The molecule has 2 saturated heterocycles. The summed E-state index contributed by atoms with van der Waals surface area (Å²) in [5, 5.41) is 29.0. The Labute approximate surface area is 328 Å². The summed E-state index contributed by atoms with van der Waals surface area (Å²) in [6.07, 6.45) is 0.255. The SMILES string of the molecule is COc1c(C)cc2c(c1O)[C@@H]1C3[C@@H]4SC[C@]5(NCCc6c5[nH]c5ccc(C)cc65)C(=O)COC[C@H](c5c6c(c(C)c(OC(C)=O)c54)OCO6)N3[C@@H](O)[C@H](C2)N1C. The van der Waals surface area contributed by atoms with Crippen molar-refractivity contribution in [2.75, 3.05) is 46.5 Å². The van der Waals surface area contributed by atoms with Crippen LogP contribution >= 0.6 is 11.8 Å². The lowest BCUT2D eigenvalue weighted by atomic mass is 9.73. The molecule has 0 radical (unpaired) electrons. The summed E-state index contributed by atoms with van der Waals surface area (Å²) < 4.78 is 30.8. The van der Waals surface area contributed by atoms with Crippen molar-refractivity contribution in [3.63, 3.8) is 0 Å². The molecule has 7 atom stereocenters. The zero-order valence-electron chi connectivity index (χ0n) is 32.3.